The predicted molar refractivity (Wildman–Crippen MR) is 134 cm³/mol. The molecule has 0 bridgehead atoms. The zero-order valence-corrected chi connectivity index (χ0v) is 19.7. The number of pyridine rings is 1. The molecule has 9 nitrogen and oxygen atoms in total. The van der Waals surface area contributed by atoms with Gasteiger partial charge in [0.15, 0.2) is 0 Å². The molecule has 9 heteroatoms. The third kappa shape index (κ3) is 6.25. The number of nitrogens with one attached hydrogen (secondary N) is 3. The number of nitriles is 1. The quantitative estimate of drug-likeness (QED) is 0.515. The summed E-state index contributed by atoms with van der Waals surface area (Å²) in [4.78, 5) is 11.3. The fourth-order valence-electron chi connectivity index (χ4n) is 3.92. The molecule has 178 valence electrons. The highest BCUT2D eigenvalue weighted by molar-refractivity contribution is 5.98. The van der Waals surface area contributed by atoms with Gasteiger partial charge in [0.2, 0.25) is 0 Å². The molecule has 1 aromatic heterocycles. The van der Waals surface area contributed by atoms with Gasteiger partial charge < -0.3 is 30.3 Å². The highest BCUT2D eigenvalue weighted by Crippen LogP contribution is 2.32. The molecule has 0 spiro atoms. The van der Waals surface area contributed by atoms with E-state index in [1.807, 2.05) is 24.4 Å². The van der Waals surface area contributed by atoms with Gasteiger partial charge in [-0.25, -0.2) is 9.98 Å². The minimum atomic E-state index is 0.400. The van der Waals surface area contributed by atoms with Gasteiger partial charge in [-0.2, -0.15) is 5.26 Å². The molecule has 0 radical (unpaired) electrons. The van der Waals surface area contributed by atoms with Crippen molar-refractivity contribution in [1.82, 2.24) is 15.2 Å². The third-order valence-electron chi connectivity index (χ3n) is 5.89. The predicted octanol–water partition coefficient (Wildman–Crippen LogP) is 3.06. The second-order valence-electron chi connectivity index (χ2n) is 8.41. The molecule has 0 saturated carbocycles. The second kappa shape index (κ2) is 11.5. The van der Waals surface area contributed by atoms with Gasteiger partial charge in [-0.3, -0.25) is 0 Å². The number of rotatable bonds is 8. The minimum Gasteiger partial charge on any atom is -0.491 e. The van der Waals surface area contributed by atoms with Crippen molar-refractivity contribution in [2.24, 2.45) is 4.99 Å². The van der Waals surface area contributed by atoms with E-state index in [1.54, 1.807) is 7.11 Å². The van der Waals surface area contributed by atoms with E-state index in [9.17, 15) is 0 Å². The Morgan fingerprint density at radius 1 is 1.21 bits per heavy atom. The van der Waals surface area contributed by atoms with E-state index in [0.717, 1.165) is 48.5 Å². The summed E-state index contributed by atoms with van der Waals surface area (Å²) in [6.07, 6.45) is 5.58. The highest BCUT2D eigenvalue weighted by atomic mass is 16.5. The topological polar surface area (TPSA) is 107 Å². The number of ether oxygens (including phenoxy) is 2. The lowest BCUT2D eigenvalue weighted by molar-refractivity contribution is 0.146. The van der Waals surface area contributed by atoms with Gasteiger partial charge in [0, 0.05) is 36.7 Å². The van der Waals surface area contributed by atoms with Crippen molar-refractivity contribution in [3.05, 3.63) is 48.4 Å². The molecule has 0 unspecified atom stereocenters. The molecule has 3 heterocycles. The van der Waals surface area contributed by atoms with Crippen LogP contribution in [0.15, 0.2) is 53.4 Å². The summed E-state index contributed by atoms with van der Waals surface area (Å²) in [5.74, 6) is 2.22. The van der Waals surface area contributed by atoms with Crippen LogP contribution >= 0.6 is 0 Å². The first-order chi connectivity index (χ1) is 16.6. The maximum atomic E-state index is 8.98. The molecular weight excluding hydrogens is 430 g/mol. The van der Waals surface area contributed by atoms with Crippen molar-refractivity contribution >= 4 is 17.3 Å². The summed E-state index contributed by atoms with van der Waals surface area (Å²) < 4.78 is 10.8. The van der Waals surface area contributed by atoms with Crippen LogP contribution in [0.5, 0.6) is 5.75 Å². The Balaban J connectivity index is 1.55. The number of methoxy groups -OCH3 is 1. The molecule has 2 aliphatic rings. The number of hydrogen-bond donors (Lipinski definition) is 3. The van der Waals surface area contributed by atoms with E-state index in [1.165, 1.54) is 6.20 Å². The average Bonchev–Trinajstić information content (AvgIpc) is 2.87. The minimum absolute atomic E-state index is 0.400. The van der Waals surface area contributed by atoms with Crippen LogP contribution in [-0.4, -0.2) is 68.8 Å². The molecule has 1 saturated heterocycles. The first-order valence-electron chi connectivity index (χ1n) is 11.5. The molecule has 1 fully saturated rings. The lowest BCUT2D eigenvalue weighted by atomic mass is 10.0. The average molecular weight is 462 g/mol. The number of anilines is 2. The van der Waals surface area contributed by atoms with Crippen molar-refractivity contribution in [2.45, 2.75) is 18.9 Å². The van der Waals surface area contributed by atoms with Crippen molar-refractivity contribution < 1.29 is 9.47 Å². The molecule has 1 aromatic carbocycles. The van der Waals surface area contributed by atoms with Crippen LogP contribution in [0, 0.1) is 11.3 Å². The molecular formula is C25H31N7O2. The first kappa shape index (κ1) is 23.5. The van der Waals surface area contributed by atoms with Crippen LogP contribution in [0.4, 0.5) is 11.5 Å². The summed E-state index contributed by atoms with van der Waals surface area (Å²) in [6, 6.07) is 12.5. The number of allylic oxidation sites excluding steroid dienone is 1. The molecule has 2 aromatic rings. The van der Waals surface area contributed by atoms with Gasteiger partial charge in [-0.15, -0.1) is 0 Å². The van der Waals surface area contributed by atoms with Crippen LogP contribution < -0.4 is 20.7 Å². The number of amidine groups is 1. The Hall–Kier alpha value is -3.61. The molecule has 0 aliphatic carbocycles. The maximum absolute atomic E-state index is 8.98. The largest absolute Gasteiger partial charge is 0.491 e. The summed E-state index contributed by atoms with van der Waals surface area (Å²) in [5.41, 5.74) is 3.57. The Labute approximate surface area is 200 Å². The summed E-state index contributed by atoms with van der Waals surface area (Å²) in [5, 5.41) is 19.0. The van der Waals surface area contributed by atoms with E-state index in [0.29, 0.717) is 43.2 Å². The van der Waals surface area contributed by atoms with Crippen LogP contribution in [0.25, 0.3) is 11.1 Å². The SMILES string of the molecule is COCCOc1ccc(-c2cnc(NC3=NC=C(C#N)NC3)cc2NC2CCN(C)CC2)cc1. The normalized spacial score (nSPS) is 16.6. The number of aromatic nitrogens is 1. The fraction of sp³-hybridized carbons (Fsp3) is 0.400. The zero-order valence-electron chi connectivity index (χ0n) is 19.7. The van der Waals surface area contributed by atoms with Gasteiger partial charge >= 0.3 is 0 Å². The van der Waals surface area contributed by atoms with Crippen molar-refractivity contribution in [3.8, 4) is 22.9 Å². The molecule has 0 atom stereocenters. The number of likely N-dealkylation sites (tertiary alicyclic amines) is 1. The molecule has 0 amide bonds. The van der Waals surface area contributed by atoms with Crippen molar-refractivity contribution in [1.29, 1.82) is 5.26 Å². The van der Waals surface area contributed by atoms with Crippen molar-refractivity contribution in [2.75, 3.05) is 57.6 Å². The molecule has 4 rings (SSSR count). The van der Waals surface area contributed by atoms with Crippen LogP contribution in [0.3, 0.4) is 0 Å². The van der Waals surface area contributed by atoms with E-state index in [4.69, 9.17) is 14.7 Å². The fourth-order valence-corrected chi connectivity index (χ4v) is 3.92. The number of piperidine rings is 1. The Morgan fingerprint density at radius 2 is 2.00 bits per heavy atom. The van der Waals surface area contributed by atoms with Crippen LogP contribution in [0.1, 0.15) is 12.8 Å². The standard InChI is InChI=1S/C25H31N7O2/c1-32-9-7-19(8-10-32)30-23-13-24(31-25-17-27-20(14-26)15-28-25)29-16-22(23)18-3-5-21(6-4-18)34-12-11-33-2/h3-6,13,15-16,19,27H,7-12,17H2,1-2H3,(H2,28,29,30,31). The van der Waals surface area contributed by atoms with Crippen LogP contribution in [-0.2, 0) is 4.74 Å². The van der Waals surface area contributed by atoms with E-state index >= 15 is 0 Å². The molecule has 2 aliphatic heterocycles. The number of nitrogens with zero attached hydrogens (tertiary/aromatic N) is 4. The van der Waals surface area contributed by atoms with E-state index in [-0.39, 0.29) is 0 Å². The lowest BCUT2D eigenvalue weighted by Crippen LogP contribution is -2.36. The second-order valence-corrected chi connectivity index (χ2v) is 8.41. The number of aliphatic imine (C=N–C) groups is 1. The maximum Gasteiger partial charge on any atom is 0.133 e. The Bertz CT molecular complexity index is 1070. The van der Waals surface area contributed by atoms with Crippen molar-refractivity contribution in [3.63, 3.8) is 0 Å². The molecule has 34 heavy (non-hydrogen) atoms. The summed E-state index contributed by atoms with van der Waals surface area (Å²) in [7, 11) is 3.83. The Morgan fingerprint density at radius 3 is 2.68 bits per heavy atom. The molecule has 3 N–H and O–H groups in total. The zero-order chi connectivity index (χ0) is 23.8. The Kier molecular flexibility index (Phi) is 7.96. The smallest absolute Gasteiger partial charge is 0.133 e. The van der Waals surface area contributed by atoms with Gasteiger partial charge in [0.25, 0.3) is 0 Å². The van der Waals surface area contributed by atoms with Gasteiger partial charge in [0.1, 0.15) is 35.8 Å². The van der Waals surface area contributed by atoms with Gasteiger partial charge in [-0.1, -0.05) is 12.1 Å². The van der Waals surface area contributed by atoms with E-state index in [2.05, 4.69) is 56.1 Å². The summed E-state index contributed by atoms with van der Waals surface area (Å²) >= 11 is 0. The summed E-state index contributed by atoms with van der Waals surface area (Å²) in [6.45, 7) is 3.67. The number of hydrogen-bond acceptors (Lipinski definition) is 9. The monoisotopic (exact) mass is 461 g/mol. The van der Waals surface area contributed by atoms with Gasteiger partial charge in [0.05, 0.1) is 19.4 Å². The highest BCUT2D eigenvalue weighted by Gasteiger charge is 2.19. The van der Waals surface area contributed by atoms with Gasteiger partial charge in [-0.05, 0) is 50.7 Å². The van der Waals surface area contributed by atoms with E-state index < -0.39 is 0 Å². The number of benzene rings is 1. The first-order valence-corrected chi connectivity index (χ1v) is 11.5. The lowest BCUT2D eigenvalue weighted by Gasteiger charge is -2.31. The third-order valence-corrected chi connectivity index (χ3v) is 5.89. The van der Waals surface area contributed by atoms with Crippen LogP contribution in [0.2, 0.25) is 0 Å².